The van der Waals surface area contributed by atoms with Gasteiger partial charge in [-0.05, 0) is 101 Å². The largest absolute Gasteiger partial charge is 0.493 e. The predicted octanol–water partition coefficient (Wildman–Crippen LogP) is 8.72. The van der Waals surface area contributed by atoms with E-state index in [1.54, 1.807) is 36.4 Å². The van der Waals surface area contributed by atoms with Gasteiger partial charge in [0.25, 0.3) is 0 Å². The molecular formula is C36H50O8S2. The van der Waals surface area contributed by atoms with Crippen molar-refractivity contribution in [1.29, 1.82) is 0 Å². The van der Waals surface area contributed by atoms with Crippen LogP contribution in [0.5, 0.6) is 23.0 Å². The maximum atomic E-state index is 11.9. The summed E-state index contributed by atoms with van der Waals surface area (Å²) in [5, 5.41) is 1.19. The van der Waals surface area contributed by atoms with E-state index in [1.165, 1.54) is 53.1 Å². The number of thioether (sulfide) groups is 1. The SMILES string of the molecule is CCCC(S)CCCCC(=O)Oc1ccc(C(C)=O)cc1OC.COc1cc(C(C)=O)ccc1OC(=O)CCCCC1CCCS1. The maximum Gasteiger partial charge on any atom is 0.311 e. The molecule has 1 fully saturated rings. The van der Waals surface area contributed by atoms with Gasteiger partial charge in [0.2, 0.25) is 0 Å². The van der Waals surface area contributed by atoms with Crippen LogP contribution in [0, 0.1) is 0 Å². The predicted molar refractivity (Wildman–Crippen MR) is 187 cm³/mol. The molecule has 8 nitrogen and oxygen atoms in total. The summed E-state index contributed by atoms with van der Waals surface area (Å²) in [7, 11) is 2.98. The van der Waals surface area contributed by atoms with Gasteiger partial charge in [-0.2, -0.15) is 24.4 Å². The number of unbranched alkanes of at least 4 members (excludes halogenated alkanes) is 2. The number of esters is 2. The summed E-state index contributed by atoms with van der Waals surface area (Å²) in [6.07, 6.45) is 11.5. The molecule has 1 saturated heterocycles. The Labute approximate surface area is 284 Å². The number of Topliss-reactive ketones (excluding diaryl/α,β-unsaturated/α-hetero) is 2. The molecule has 2 aromatic rings. The number of ketones is 2. The molecule has 2 atom stereocenters. The Balaban J connectivity index is 0.000000320. The minimum atomic E-state index is -0.287. The van der Waals surface area contributed by atoms with Crippen LogP contribution in [-0.2, 0) is 9.59 Å². The summed E-state index contributed by atoms with van der Waals surface area (Å²) < 4.78 is 21.1. The molecule has 2 aromatic carbocycles. The van der Waals surface area contributed by atoms with E-state index in [1.807, 2.05) is 0 Å². The van der Waals surface area contributed by atoms with Crippen molar-refractivity contribution in [1.82, 2.24) is 0 Å². The zero-order valence-corrected chi connectivity index (χ0v) is 29.6. The lowest BCUT2D eigenvalue weighted by atomic mass is 10.1. The number of ether oxygens (including phenoxy) is 4. The number of benzene rings is 2. The van der Waals surface area contributed by atoms with Gasteiger partial charge in [0.1, 0.15) is 0 Å². The van der Waals surface area contributed by atoms with Crippen molar-refractivity contribution >= 4 is 47.9 Å². The number of methoxy groups -OCH3 is 2. The second-order valence-electron chi connectivity index (χ2n) is 11.4. The molecule has 254 valence electrons. The molecule has 3 rings (SSSR count). The Morgan fingerprint density at radius 1 is 0.783 bits per heavy atom. The van der Waals surface area contributed by atoms with Crippen LogP contribution in [0.3, 0.4) is 0 Å². The lowest BCUT2D eigenvalue weighted by molar-refractivity contribution is -0.135. The lowest BCUT2D eigenvalue weighted by Crippen LogP contribution is -2.09. The van der Waals surface area contributed by atoms with Crippen molar-refractivity contribution in [2.24, 2.45) is 0 Å². The number of hydrogen-bond donors (Lipinski definition) is 1. The van der Waals surface area contributed by atoms with Crippen molar-refractivity contribution in [3.8, 4) is 23.0 Å². The molecule has 1 heterocycles. The third-order valence-electron chi connectivity index (χ3n) is 7.56. The highest BCUT2D eigenvalue weighted by Gasteiger charge is 2.16. The molecule has 0 saturated carbocycles. The molecule has 1 aliphatic heterocycles. The normalized spacial score (nSPS) is 14.4. The van der Waals surface area contributed by atoms with E-state index in [0.717, 1.165) is 50.2 Å². The van der Waals surface area contributed by atoms with Gasteiger partial charge in [0.15, 0.2) is 34.6 Å². The third-order valence-corrected chi connectivity index (χ3v) is 9.54. The smallest absolute Gasteiger partial charge is 0.311 e. The van der Waals surface area contributed by atoms with Crippen molar-refractivity contribution < 1.29 is 38.1 Å². The summed E-state index contributed by atoms with van der Waals surface area (Å²) >= 11 is 6.56. The first-order valence-electron chi connectivity index (χ1n) is 16.2. The summed E-state index contributed by atoms with van der Waals surface area (Å²) in [4.78, 5) is 46.6. The Kier molecular flexibility index (Phi) is 18.5. The minimum Gasteiger partial charge on any atom is -0.493 e. The van der Waals surface area contributed by atoms with Crippen LogP contribution in [0.1, 0.15) is 119 Å². The fourth-order valence-corrected chi connectivity index (χ4v) is 6.70. The van der Waals surface area contributed by atoms with Gasteiger partial charge in [-0.1, -0.05) is 26.2 Å². The first kappa shape index (κ1) is 39.2. The van der Waals surface area contributed by atoms with E-state index >= 15 is 0 Å². The maximum absolute atomic E-state index is 11.9. The topological polar surface area (TPSA) is 105 Å². The average Bonchev–Trinajstić information content (AvgIpc) is 3.56. The Hall–Kier alpha value is -2.98. The van der Waals surface area contributed by atoms with E-state index in [0.29, 0.717) is 52.2 Å². The molecule has 1 aliphatic rings. The minimum absolute atomic E-state index is 0.0500. The van der Waals surface area contributed by atoms with Crippen molar-refractivity contribution in [2.75, 3.05) is 20.0 Å². The molecule has 0 bridgehead atoms. The highest BCUT2D eigenvalue weighted by molar-refractivity contribution is 8.00. The van der Waals surface area contributed by atoms with E-state index in [9.17, 15) is 19.2 Å². The molecule has 0 radical (unpaired) electrons. The van der Waals surface area contributed by atoms with Gasteiger partial charge in [-0.15, -0.1) is 0 Å². The van der Waals surface area contributed by atoms with Crippen LogP contribution < -0.4 is 18.9 Å². The van der Waals surface area contributed by atoms with E-state index in [-0.39, 0.29) is 23.5 Å². The molecule has 0 spiro atoms. The second-order valence-corrected chi connectivity index (χ2v) is 13.5. The van der Waals surface area contributed by atoms with Gasteiger partial charge in [-0.25, -0.2) is 0 Å². The number of thiol groups is 1. The van der Waals surface area contributed by atoms with E-state index in [2.05, 4.69) is 31.3 Å². The summed E-state index contributed by atoms with van der Waals surface area (Å²) in [5.74, 6) is 2.15. The molecule has 0 N–H and O–H groups in total. The Morgan fingerprint density at radius 2 is 1.30 bits per heavy atom. The van der Waals surface area contributed by atoms with Gasteiger partial charge < -0.3 is 18.9 Å². The van der Waals surface area contributed by atoms with Crippen molar-refractivity contribution in [3.05, 3.63) is 47.5 Å². The van der Waals surface area contributed by atoms with Crippen LogP contribution in [0.25, 0.3) is 0 Å². The number of carbonyl (C=O) groups excluding carboxylic acids is 4. The molecular weight excluding hydrogens is 625 g/mol. The van der Waals surface area contributed by atoms with E-state index in [4.69, 9.17) is 18.9 Å². The van der Waals surface area contributed by atoms with Crippen LogP contribution in [0.2, 0.25) is 0 Å². The molecule has 0 amide bonds. The quantitative estimate of drug-likeness (QED) is 0.0546. The Morgan fingerprint density at radius 3 is 1.74 bits per heavy atom. The zero-order chi connectivity index (χ0) is 33.9. The summed E-state index contributed by atoms with van der Waals surface area (Å²) in [6.45, 7) is 5.11. The first-order valence-corrected chi connectivity index (χ1v) is 17.7. The van der Waals surface area contributed by atoms with Gasteiger partial charge >= 0.3 is 11.9 Å². The van der Waals surface area contributed by atoms with Crippen LogP contribution in [0.4, 0.5) is 0 Å². The van der Waals surface area contributed by atoms with Crippen LogP contribution in [-0.4, -0.2) is 54.0 Å². The second kappa shape index (κ2) is 21.7. The summed E-state index contributed by atoms with van der Waals surface area (Å²) in [5.41, 5.74) is 1.06. The highest BCUT2D eigenvalue weighted by atomic mass is 32.2. The highest BCUT2D eigenvalue weighted by Crippen LogP contribution is 2.31. The summed E-state index contributed by atoms with van der Waals surface area (Å²) in [6, 6.07) is 9.67. The van der Waals surface area contributed by atoms with Crippen LogP contribution >= 0.6 is 24.4 Å². The van der Waals surface area contributed by atoms with Gasteiger partial charge in [0, 0.05) is 34.5 Å². The average molecular weight is 675 g/mol. The first-order chi connectivity index (χ1) is 22.1. The number of carbonyl (C=O) groups is 4. The molecule has 10 heteroatoms. The molecule has 0 aromatic heterocycles. The molecule has 2 unspecified atom stereocenters. The molecule has 46 heavy (non-hydrogen) atoms. The monoisotopic (exact) mass is 674 g/mol. The number of hydrogen-bond acceptors (Lipinski definition) is 10. The van der Waals surface area contributed by atoms with E-state index < -0.39 is 0 Å². The van der Waals surface area contributed by atoms with Gasteiger partial charge in [-0.3, -0.25) is 19.2 Å². The van der Waals surface area contributed by atoms with Crippen LogP contribution in [0.15, 0.2) is 36.4 Å². The standard InChI is InChI=1S/C18H24O4S.C18H26O4S/c1-13(19)14-9-10-16(17(12-14)21-2)22-18(20)8-4-3-6-15-7-5-11-23-15;1-4-7-15(23)8-5-6-9-18(20)22-16-11-10-14(13(2)19)12-17(16)21-3/h9-10,12,15H,3-8,11H2,1-2H3;10-12,15,23H,4-9H2,1-3H3. The van der Waals surface area contributed by atoms with Crippen molar-refractivity contribution in [3.63, 3.8) is 0 Å². The van der Waals surface area contributed by atoms with Gasteiger partial charge in [0.05, 0.1) is 14.2 Å². The fourth-order valence-electron chi connectivity index (χ4n) is 4.93. The molecule has 0 aliphatic carbocycles. The number of rotatable bonds is 18. The Bertz CT molecular complexity index is 1270. The fraction of sp³-hybridized carbons (Fsp3) is 0.556. The lowest BCUT2D eigenvalue weighted by Gasteiger charge is -2.11. The third kappa shape index (κ3) is 14.6. The van der Waals surface area contributed by atoms with Crippen molar-refractivity contribution in [2.45, 2.75) is 108 Å². The zero-order valence-electron chi connectivity index (χ0n) is 27.9.